The largest absolute Gasteiger partial charge is 0.508 e. The quantitative estimate of drug-likeness (QED) is 0.310. The Labute approximate surface area is 186 Å². The predicted molar refractivity (Wildman–Crippen MR) is 124 cm³/mol. The minimum atomic E-state index is -1.02. The first-order valence-corrected chi connectivity index (χ1v) is 10.0. The summed E-state index contributed by atoms with van der Waals surface area (Å²) in [4.78, 5) is 17.2. The van der Waals surface area contributed by atoms with Crippen LogP contribution in [0, 0.1) is 10.8 Å². The summed E-state index contributed by atoms with van der Waals surface area (Å²) in [6, 6.07) is 15.3. The van der Waals surface area contributed by atoms with Gasteiger partial charge in [-0.2, -0.15) is 0 Å². The molecule has 0 aliphatic carbocycles. The lowest BCUT2D eigenvalue weighted by Crippen LogP contribution is -2.44. The van der Waals surface area contributed by atoms with Gasteiger partial charge in [-0.25, -0.2) is 0 Å². The van der Waals surface area contributed by atoms with Gasteiger partial charge in [0.05, 0.1) is 5.56 Å². The average Bonchev–Trinajstić information content (AvgIpc) is 2.75. The Morgan fingerprint density at radius 2 is 1.75 bits per heavy atom. The Kier molecular flexibility index (Phi) is 6.53. The maximum absolute atomic E-state index is 11.8. The lowest BCUT2D eigenvalue weighted by Gasteiger charge is -2.25. The van der Waals surface area contributed by atoms with Crippen LogP contribution >= 0.6 is 0 Å². The van der Waals surface area contributed by atoms with Crippen LogP contribution in [-0.4, -0.2) is 32.8 Å². The van der Waals surface area contributed by atoms with Crippen LogP contribution in [0.1, 0.15) is 42.1 Å². The summed E-state index contributed by atoms with van der Waals surface area (Å²) in [7, 11) is 0. The van der Waals surface area contributed by atoms with E-state index < -0.39 is 11.7 Å². The molecule has 1 amide bonds. The average molecular weight is 431 g/mol. The number of phenolic OH excluding ortho intramolecular Hbond substituents is 2. The molecule has 8 nitrogen and oxygen atoms in total. The Morgan fingerprint density at radius 1 is 1.06 bits per heavy atom. The monoisotopic (exact) mass is 431 g/mol. The van der Waals surface area contributed by atoms with E-state index in [2.05, 4.69) is 4.98 Å². The van der Waals surface area contributed by atoms with Crippen molar-refractivity contribution in [3.05, 3.63) is 83.2 Å². The molecule has 3 rings (SSSR count). The predicted octanol–water partition coefficient (Wildman–Crippen LogP) is 3.50. The highest BCUT2D eigenvalue weighted by Crippen LogP contribution is 2.33. The van der Waals surface area contributed by atoms with E-state index in [1.54, 1.807) is 18.3 Å². The second-order valence-corrected chi connectivity index (χ2v) is 7.64. The van der Waals surface area contributed by atoms with E-state index in [0.29, 0.717) is 17.7 Å². The maximum atomic E-state index is 11.8. The Bertz CT molecular complexity index is 1160. The van der Waals surface area contributed by atoms with Gasteiger partial charge in [0, 0.05) is 30.1 Å². The highest BCUT2D eigenvalue weighted by Gasteiger charge is 2.26. The summed E-state index contributed by atoms with van der Waals surface area (Å²) >= 11 is 0. The number of benzene rings is 2. The molecule has 0 aliphatic heterocycles. The van der Waals surface area contributed by atoms with Crippen molar-refractivity contribution in [1.29, 1.82) is 10.8 Å². The van der Waals surface area contributed by atoms with Gasteiger partial charge in [0.25, 0.3) is 5.91 Å². The zero-order valence-electron chi connectivity index (χ0n) is 17.8. The SMILES string of the molecule is CC(C)c1cc(C(=N)N(C(=N)C(N)=O)c2ccc(Cc3ccccn3)cc2)c(O)cc1O. The number of hydrogen-bond acceptors (Lipinski definition) is 6. The Hall–Kier alpha value is -4.20. The molecule has 32 heavy (non-hydrogen) atoms. The zero-order chi connectivity index (χ0) is 23.4. The number of hydrogen-bond donors (Lipinski definition) is 5. The number of nitrogens with zero attached hydrogens (tertiary/aromatic N) is 2. The summed E-state index contributed by atoms with van der Waals surface area (Å²) in [6.07, 6.45) is 2.32. The van der Waals surface area contributed by atoms with Gasteiger partial charge in [-0.05, 0) is 47.4 Å². The molecule has 0 bridgehead atoms. The fourth-order valence-electron chi connectivity index (χ4n) is 3.32. The number of carbonyl (C=O) groups is 1. The lowest BCUT2D eigenvalue weighted by atomic mass is 9.98. The van der Waals surface area contributed by atoms with Gasteiger partial charge in [-0.15, -0.1) is 0 Å². The molecule has 0 atom stereocenters. The molecular weight excluding hydrogens is 406 g/mol. The summed E-state index contributed by atoms with van der Waals surface area (Å²) in [6.45, 7) is 3.73. The van der Waals surface area contributed by atoms with Crippen LogP contribution in [0.3, 0.4) is 0 Å². The molecule has 8 heteroatoms. The van der Waals surface area contributed by atoms with Crippen molar-refractivity contribution in [2.24, 2.45) is 5.73 Å². The fourth-order valence-corrected chi connectivity index (χ4v) is 3.32. The van der Waals surface area contributed by atoms with Crippen LogP contribution in [0.2, 0.25) is 0 Å². The van der Waals surface area contributed by atoms with Gasteiger partial charge in [0.2, 0.25) is 0 Å². The van der Waals surface area contributed by atoms with E-state index in [1.807, 2.05) is 44.2 Å². The third kappa shape index (κ3) is 4.75. The van der Waals surface area contributed by atoms with Crippen LogP contribution in [0.5, 0.6) is 11.5 Å². The maximum Gasteiger partial charge on any atom is 0.284 e. The first-order valence-electron chi connectivity index (χ1n) is 10.0. The van der Waals surface area contributed by atoms with Gasteiger partial charge in [0.15, 0.2) is 5.84 Å². The van der Waals surface area contributed by atoms with Crippen molar-refractivity contribution in [2.45, 2.75) is 26.2 Å². The van der Waals surface area contributed by atoms with Crippen LogP contribution < -0.4 is 10.6 Å². The molecule has 0 saturated heterocycles. The van der Waals surface area contributed by atoms with Gasteiger partial charge in [-0.1, -0.05) is 32.0 Å². The number of anilines is 1. The molecular formula is C24H25N5O3. The number of nitrogens with one attached hydrogen (secondary N) is 2. The lowest BCUT2D eigenvalue weighted by molar-refractivity contribution is -0.112. The van der Waals surface area contributed by atoms with Crippen LogP contribution in [0.15, 0.2) is 60.8 Å². The van der Waals surface area contributed by atoms with Crippen molar-refractivity contribution >= 4 is 23.3 Å². The number of primary amides is 1. The molecule has 0 unspecified atom stereocenters. The molecule has 0 spiro atoms. The van der Waals surface area contributed by atoms with Crippen LogP contribution in [0.4, 0.5) is 5.69 Å². The van der Waals surface area contributed by atoms with Gasteiger partial charge < -0.3 is 15.9 Å². The van der Waals surface area contributed by atoms with Gasteiger partial charge >= 0.3 is 0 Å². The summed E-state index contributed by atoms with van der Waals surface area (Å²) in [5.41, 5.74) is 8.16. The summed E-state index contributed by atoms with van der Waals surface area (Å²) in [5, 5.41) is 37.3. The number of aromatic hydroxyl groups is 2. The van der Waals surface area contributed by atoms with E-state index in [0.717, 1.165) is 22.2 Å². The zero-order valence-corrected chi connectivity index (χ0v) is 17.8. The number of phenols is 2. The molecule has 164 valence electrons. The highest BCUT2D eigenvalue weighted by atomic mass is 16.3. The molecule has 6 N–H and O–H groups in total. The van der Waals surface area contributed by atoms with Crippen LogP contribution in [-0.2, 0) is 11.2 Å². The highest BCUT2D eigenvalue weighted by molar-refractivity contribution is 6.47. The number of rotatable bonds is 5. The molecule has 0 fully saturated rings. The van der Waals surface area contributed by atoms with Crippen molar-refractivity contribution in [3.63, 3.8) is 0 Å². The third-order valence-corrected chi connectivity index (χ3v) is 5.01. The topological polar surface area (TPSA) is 147 Å². The van der Waals surface area contributed by atoms with E-state index in [4.69, 9.17) is 16.6 Å². The Morgan fingerprint density at radius 3 is 2.31 bits per heavy atom. The van der Waals surface area contributed by atoms with E-state index in [-0.39, 0.29) is 28.8 Å². The summed E-state index contributed by atoms with van der Waals surface area (Å²) in [5.74, 6) is -2.46. The second-order valence-electron chi connectivity index (χ2n) is 7.64. The van der Waals surface area contributed by atoms with Gasteiger partial charge in [-0.3, -0.25) is 25.5 Å². The minimum absolute atomic E-state index is 0.0649. The fraction of sp³-hybridized carbons (Fsp3) is 0.167. The molecule has 0 saturated carbocycles. The van der Waals surface area contributed by atoms with E-state index in [1.165, 1.54) is 6.07 Å². The van der Waals surface area contributed by atoms with Gasteiger partial charge in [0.1, 0.15) is 17.3 Å². The first kappa shape index (κ1) is 22.5. The molecule has 0 radical (unpaired) electrons. The number of nitrogens with two attached hydrogens (primary N) is 1. The summed E-state index contributed by atoms with van der Waals surface area (Å²) < 4.78 is 0. The number of amidine groups is 2. The normalized spacial score (nSPS) is 10.7. The molecule has 1 aromatic heterocycles. The molecule has 0 aliphatic rings. The number of amides is 1. The minimum Gasteiger partial charge on any atom is -0.508 e. The number of pyridine rings is 1. The molecule has 2 aromatic carbocycles. The number of carbonyl (C=O) groups excluding carboxylic acids is 1. The third-order valence-electron chi connectivity index (χ3n) is 5.01. The molecule has 3 aromatic rings. The number of aromatic nitrogens is 1. The molecule has 1 heterocycles. The van der Waals surface area contributed by atoms with E-state index in [9.17, 15) is 15.0 Å². The smallest absolute Gasteiger partial charge is 0.284 e. The standard InChI is InChI=1S/C24H25N5O3/c1-14(2)18-12-19(21(31)13-20(18)30)22(25)29(23(26)24(27)32)17-8-6-15(7-9-17)11-16-5-3-4-10-28-16/h3-10,12-14,25-26,30-31H,11H2,1-2H3,(H2,27,32). The first-order chi connectivity index (χ1) is 15.2. The van der Waals surface area contributed by atoms with Crippen molar-refractivity contribution in [3.8, 4) is 11.5 Å². The second kappa shape index (κ2) is 9.30. The van der Waals surface area contributed by atoms with Crippen molar-refractivity contribution < 1.29 is 15.0 Å². The van der Waals surface area contributed by atoms with Crippen LogP contribution in [0.25, 0.3) is 0 Å². The van der Waals surface area contributed by atoms with Crippen molar-refractivity contribution in [2.75, 3.05) is 4.90 Å². The van der Waals surface area contributed by atoms with E-state index >= 15 is 0 Å². The van der Waals surface area contributed by atoms with Crippen molar-refractivity contribution in [1.82, 2.24) is 4.98 Å². The Balaban J connectivity index is 1.99.